The molecule has 0 amide bonds. The summed E-state index contributed by atoms with van der Waals surface area (Å²) in [7, 11) is 0. The maximum absolute atomic E-state index is 6.32. The fourth-order valence-electron chi connectivity index (χ4n) is 5.06. The molecule has 0 atom stereocenters. The lowest BCUT2D eigenvalue weighted by Gasteiger charge is -2.09. The molecule has 0 N–H and O–H groups in total. The summed E-state index contributed by atoms with van der Waals surface area (Å²) < 4.78 is 12.6. The number of unbranched alkanes of at least 4 members (excludes halogenated alkanes) is 18. The first-order valence-electron chi connectivity index (χ1n) is 16.1. The van der Waals surface area contributed by atoms with Crippen LogP contribution in [0.5, 0.6) is 11.5 Å². The highest BCUT2D eigenvalue weighted by molar-refractivity contribution is 7.22. The molecule has 2 heterocycles. The maximum Gasteiger partial charge on any atom is 0.139 e. The molecular formula is C34H58O2S2. The minimum absolute atomic E-state index is 0.818. The number of thiophene rings is 2. The van der Waals surface area contributed by atoms with Crippen molar-refractivity contribution < 1.29 is 9.47 Å². The van der Waals surface area contributed by atoms with E-state index in [9.17, 15) is 0 Å². The molecule has 0 radical (unpaired) electrons. The molecule has 0 saturated heterocycles. The van der Waals surface area contributed by atoms with Crippen molar-refractivity contribution >= 4 is 22.7 Å². The standard InChI is InChI=1S/C34H58O2S2/c1-5-7-9-11-13-15-17-19-21-23-25-35-31-27-29(3)37-33(31)34-32(28-30(4)38-34)36-26-24-22-20-18-16-14-12-10-8-6-2/h27-28H,5-26H2,1-4H3. The van der Waals surface area contributed by atoms with Crippen molar-refractivity contribution in [1.29, 1.82) is 0 Å². The van der Waals surface area contributed by atoms with Gasteiger partial charge in [0.2, 0.25) is 0 Å². The molecule has 4 heteroatoms. The largest absolute Gasteiger partial charge is 0.492 e. The van der Waals surface area contributed by atoms with Crippen LogP contribution in [0.2, 0.25) is 0 Å². The summed E-state index contributed by atoms with van der Waals surface area (Å²) in [6.45, 7) is 10.6. The highest BCUT2D eigenvalue weighted by atomic mass is 32.1. The molecule has 2 aromatic heterocycles. The predicted molar refractivity (Wildman–Crippen MR) is 172 cm³/mol. The molecule has 0 spiro atoms. The number of rotatable bonds is 25. The van der Waals surface area contributed by atoms with Crippen LogP contribution in [0.1, 0.15) is 152 Å². The molecule has 2 rings (SSSR count). The lowest BCUT2D eigenvalue weighted by atomic mass is 10.1. The van der Waals surface area contributed by atoms with Gasteiger partial charge in [0, 0.05) is 9.75 Å². The van der Waals surface area contributed by atoms with Crippen LogP contribution in [0.3, 0.4) is 0 Å². The van der Waals surface area contributed by atoms with E-state index in [4.69, 9.17) is 9.47 Å². The third kappa shape index (κ3) is 14.4. The van der Waals surface area contributed by atoms with Gasteiger partial charge in [-0.2, -0.15) is 0 Å². The molecule has 0 saturated carbocycles. The summed E-state index contributed by atoms with van der Waals surface area (Å²) in [5, 5.41) is 0. The minimum atomic E-state index is 0.818. The van der Waals surface area contributed by atoms with E-state index in [1.807, 2.05) is 22.7 Å². The molecule has 2 aromatic rings. The van der Waals surface area contributed by atoms with Gasteiger partial charge in [-0.05, 0) is 38.8 Å². The second-order valence-corrected chi connectivity index (χ2v) is 13.7. The summed E-state index contributed by atoms with van der Waals surface area (Å²) in [6.07, 6.45) is 27.1. The van der Waals surface area contributed by atoms with E-state index in [0.29, 0.717) is 0 Å². The van der Waals surface area contributed by atoms with Crippen molar-refractivity contribution in [2.45, 2.75) is 156 Å². The van der Waals surface area contributed by atoms with Crippen molar-refractivity contribution in [1.82, 2.24) is 0 Å². The molecule has 0 fully saturated rings. The van der Waals surface area contributed by atoms with Crippen LogP contribution in [-0.4, -0.2) is 13.2 Å². The first kappa shape index (κ1) is 33.2. The second kappa shape index (κ2) is 21.8. The van der Waals surface area contributed by atoms with Crippen LogP contribution in [0.15, 0.2) is 12.1 Å². The van der Waals surface area contributed by atoms with Gasteiger partial charge >= 0.3 is 0 Å². The Bertz CT molecular complexity index is 754. The van der Waals surface area contributed by atoms with Gasteiger partial charge in [0.25, 0.3) is 0 Å². The zero-order chi connectivity index (χ0) is 27.3. The van der Waals surface area contributed by atoms with Crippen LogP contribution in [0.4, 0.5) is 0 Å². The Balaban J connectivity index is 1.67. The van der Waals surface area contributed by atoms with Crippen molar-refractivity contribution in [3.63, 3.8) is 0 Å². The average Bonchev–Trinajstić information content (AvgIpc) is 3.46. The number of hydrogen-bond donors (Lipinski definition) is 0. The van der Waals surface area contributed by atoms with Crippen LogP contribution < -0.4 is 9.47 Å². The monoisotopic (exact) mass is 562 g/mol. The SMILES string of the molecule is CCCCCCCCCCCCOc1cc(C)sc1-c1sc(C)cc1OCCCCCCCCCCCC. The van der Waals surface area contributed by atoms with Crippen LogP contribution in [0, 0.1) is 13.8 Å². The van der Waals surface area contributed by atoms with Gasteiger partial charge in [0.15, 0.2) is 0 Å². The summed E-state index contributed by atoms with van der Waals surface area (Å²) in [5.41, 5.74) is 0. The maximum atomic E-state index is 6.32. The molecule has 38 heavy (non-hydrogen) atoms. The van der Waals surface area contributed by atoms with Gasteiger partial charge in [-0.25, -0.2) is 0 Å². The molecule has 0 aliphatic carbocycles. The molecule has 218 valence electrons. The predicted octanol–water partition coefficient (Wildman–Crippen LogP) is 12.7. The third-order valence-electron chi connectivity index (χ3n) is 7.36. The Morgan fingerprint density at radius 1 is 0.447 bits per heavy atom. The van der Waals surface area contributed by atoms with Crippen molar-refractivity contribution in [3.05, 3.63) is 21.9 Å². The quantitative estimate of drug-likeness (QED) is 0.112. The highest BCUT2D eigenvalue weighted by Crippen LogP contribution is 2.47. The van der Waals surface area contributed by atoms with E-state index >= 15 is 0 Å². The topological polar surface area (TPSA) is 18.5 Å². The van der Waals surface area contributed by atoms with Crippen LogP contribution in [0.25, 0.3) is 9.75 Å². The number of hydrogen-bond acceptors (Lipinski definition) is 4. The van der Waals surface area contributed by atoms with Gasteiger partial charge in [0.1, 0.15) is 11.5 Å². The lowest BCUT2D eigenvalue weighted by molar-refractivity contribution is 0.302. The molecule has 2 nitrogen and oxygen atoms in total. The van der Waals surface area contributed by atoms with Gasteiger partial charge in [0.05, 0.1) is 23.0 Å². The van der Waals surface area contributed by atoms with E-state index < -0.39 is 0 Å². The van der Waals surface area contributed by atoms with E-state index in [0.717, 1.165) is 37.6 Å². The first-order chi connectivity index (χ1) is 18.7. The Labute approximate surface area is 243 Å². The van der Waals surface area contributed by atoms with Crippen molar-refractivity contribution in [3.8, 4) is 21.3 Å². The Hall–Kier alpha value is -1.00. The Kier molecular flexibility index (Phi) is 19.0. The van der Waals surface area contributed by atoms with E-state index in [1.54, 1.807) is 0 Å². The lowest BCUT2D eigenvalue weighted by Crippen LogP contribution is -1.99. The summed E-state index contributed by atoms with van der Waals surface area (Å²) >= 11 is 3.69. The minimum Gasteiger partial charge on any atom is -0.492 e. The number of ether oxygens (including phenoxy) is 2. The summed E-state index contributed by atoms with van der Waals surface area (Å²) in [6, 6.07) is 4.44. The third-order valence-corrected chi connectivity index (χ3v) is 9.59. The summed E-state index contributed by atoms with van der Waals surface area (Å²) in [5.74, 6) is 2.10. The highest BCUT2D eigenvalue weighted by Gasteiger charge is 2.18. The van der Waals surface area contributed by atoms with Gasteiger partial charge in [-0.15, -0.1) is 22.7 Å². The van der Waals surface area contributed by atoms with Gasteiger partial charge in [-0.3, -0.25) is 0 Å². The Morgan fingerprint density at radius 2 is 0.737 bits per heavy atom. The van der Waals surface area contributed by atoms with Crippen LogP contribution >= 0.6 is 22.7 Å². The second-order valence-electron chi connectivity index (χ2n) is 11.2. The zero-order valence-corrected chi connectivity index (χ0v) is 27.0. The fraction of sp³-hybridized carbons (Fsp3) is 0.765. The normalized spacial score (nSPS) is 11.4. The van der Waals surface area contributed by atoms with E-state index in [2.05, 4.69) is 39.8 Å². The smallest absolute Gasteiger partial charge is 0.139 e. The first-order valence-corrected chi connectivity index (χ1v) is 17.8. The average molecular weight is 563 g/mol. The fourth-order valence-corrected chi connectivity index (χ4v) is 7.11. The van der Waals surface area contributed by atoms with Crippen LogP contribution in [-0.2, 0) is 0 Å². The molecule has 0 aliphatic rings. The van der Waals surface area contributed by atoms with Gasteiger partial charge in [-0.1, -0.05) is 129 Å². The van der Waals surface area contributed by atoms with E-state index in [1.165, 1.54) is 135 Å². The van der Waals surface area contributed by atoms with Gasteiger partial charge < -0.3 is 9.47 Å². The molecular weight excluding hydrogens is 505 g/mol. The molecule has 0 aromatic carbocycles. The molecule has 0 bridgehead atoms. The Morgan fingerprint density at radius 3 is 1.05 bits per heavy atom. The molecule has 0 unspecified atom stereocenters. The molecule has 0 aliphatic heterocycles. The summed E-state index contributed by atoms with van der Waals surface area (Å²) in [4.78, 5) is 5.13. The van der Waals surface area contributed by atoms with Crippen molar-refractivity contribution in [2.75, 3.05) is 13.2 Å². The number of aryl methyl sites for hydroxylation is 2. The van der Waals surface area contributed by atoms with Crippen molar-refractivity contribution in [2.24, 2.45) is 0 Å². The zero-order valence-electron chi connectivity index (χ0n) is 25.3. The van der Waals surface area contributed by atoms with E-state index in [-0.39, 0.29) is 0 Å².